The van der Waals surface area contributed by atoms with Crippen molar-refractivity contribution in [3.8, 4) is 0 Å². The summed E-state index contributed by atoms with van der Waals surface area (Å²) >= 11 is 0. The van der Waals surface area contributed by atoms with E-state index in [-0.39, 0.29) is 6.61 Å². The number of nitrogens with zero attached hydrogens (tertiary/aromatic N) is 1. The highest BCUT2D eigenvalue weighted by Crippen LogP contribution is 2.41. The first-order valence-corrected chi connectivity index (χ1v) is 11.5. The highest BCUT2D eigenvalue weighted by Gasteiger charge is 2.50. The fourth-order valence-electron chi connectivity index (χ4n) is 4.54. The minimum Gasteiger partial charge on any atom is -0.465 e. The van der Waals surface area contributed by atoms with Gasteiger partial charge < -0.3 is 28.8 Å². The van der Waals surface area contributed by atoms with E-state index in [2.05, 4.69) is 4.98 Å². The molecule has 6 unspecified atom stereocenters. The lowest BCUT2D eigenvalue weighted by Gasteiger charge is -2.49. The number of rotatable bonds is 6. The van der Waals surface area contributed by atoms with Crippen LogP contribution in [0.2, 0.25) is 0 Å². The van der Waals surface area contributed by atoms with Gasteiger partial charge in [0.25, 0.3) is 0 Å². The number of hydrogen-bond donors (Lipinski definition) is 1. The van der Waals surface area contributed by atoms with Crippen LogP contribution in [0.4, 0.5) is 0 Å². The van der Waals surface area contributed by atoms with Gasteiger partial charge in [-0.1, -0.05) is 60.7 Å². The van der Waals surface area contributed by atoms with Gasteiger partial charge >= 0.3 is 5.97 Å². The zero-order chi connectivity index (χ0) is 24.2. The molecule has 0 spiro atoms. The van der Waals surface area contributed by atoms with Gasteiger partial charge in [-0.25, -0.2) is 4.79 Å². The summed E-state index contributed by atoms with van der Waals surface area (Å²) in [6.07, 6.45) is -0.211. The molecule has 0 bridgehead atoms. The Kier molecular flexibility index (Phi) is 7.17. The van der Waals surface area contributed by atoms with Crippen LogP contribution in [0.3, 0.4) is 0 Å². The lowest BCUT2D eigenvalue weighted by molar-refractivity contribution is -0.384. The fourth-order valence-corrected chi connectivity index (χ4v) is 4.54. The zero-order valence-corrected chi connectivity index (χ0v) is 19.2. The van der Waals surface area contributed by atoms with Crippen LogP contribution >= 0.6 is 0 Å². The molecule has 8 nitrogen and oxygen atoms in total. The summed E-state index contributed by atoms with van der Waals surface area (Å²) in [5.41, 5.74) is 2.74. The normalized spacial score (nSPS) is 28.2. The molecule has 2 fully saturated rings. The van der Waals surface area contributed by atoms with Crippen molar-refractivity contribution in [3.63, 3.8) is 0 Å². The molecule has 0 amide bonds. The van der Waals surface area contributed by atoms with Crippen molar-refractivity contribution in [1.82, 2.24) is 4.98 Å². The van der Waals surface area contributed by atoms with Crippen LogP contribution in [0.25, 0.3) is 0 Å². The van der Waals surface area contributed by atoms with Crippen LogP contribution in [0, 0.1) is 0 Å². The monoisotopic (exact) mass is 477 g/mol. The van der Waals surface area contributed by atoms with Gasteiger partial charge in [0.15, 0.2) is 12.6 Å². The van der Waals surface area contributed by atoms with E-state index in [1.54, 1.807) is 18.5 Å². The maximum absolute atomic E-state index is 12.4. The number of methoxy groups -OCH3 is 1. The molecule has 3 heterocycles. The van der Waals surface area contributed by atoms with Gasteiger partial charge in [0.2, 0.25) is 0 Å². The average Bonchev–Trinajstić information content (AvgIpc) is 2.93. The molecular weight excluding hydrogens is 450 g/mol. The minimum atomic E-state index is -0.702. The predicted octanol–water partition coefficient (Wildman–Crippen LogP) is 3.37. The number of benzene rings is 2. The van der Waals surface area contributed by atoms with Gasteiger partial charge in [0.1, 0.15) is 18.3 Å². The van der Waals surface area contributed by atoms with Crippen LogP contribution in [-0.4, -0.2) is 54.2 Å². The SMILES string of the molecule is COC(=O)c1ccncc1CC1OC(c2ccccc2)OC2C(CO)OC(c3ccccc3)OC12. The molecule has 1 aromatic heterocycles. The number of hydrogen-bond acceptors (Lipinski definition) is 8. The number of aromatic nitrogens is 1. The Labute approximate surface area is 203 Å². The molecule has 35 heavy (non-hydrogen) atoms. The van der Waals surface area contributed by atoms with Gasteiger partial charge in [-0.05, 0) is 11.6 Å². The molecule has 2 saturated heterocycles. The van der Waals surface area contributed by atoms with E-state index in [0.29, 0.717) is 17.5 Å². The Bertz CT molecular complexity index is 1130. The number of carbonyl (C=O) groups is 1. The van der Waals surface area contributed by atoms with Crippen molar-refractivity contribution in [2.45, 2.75) is 43.4 Å². The first kappa shape index (κ1) is 23.6. The number of aliphatic hydroxyl groups is 1. The molecule has 1 N–H and O–H groups in total. The summed E-state index contributed by atoms with van der Waals surface area (Å²) in [4.78, 5) is 16.6. The molecule has 6 atom stereocenters. The number of pyridine rings is 1. The number of carbonyl (C=O) groups excluding carboxylic acids is 1. The van der Waals surface area contributed by atoms with Gasteiger partial charge in [-0.2, -0.15) is 0 Å². The molecule has 3 aromatic rings. The highest BCUT2D eigenvalue weighted by molar-refractivity contribution is 5.90. The molecule has 5 rings (SSSR count). The molecule has 0 radical (unpaired) electrons. The molecule has 2 aromatic carbocycles. The number of aliphatic hydroxyl groups excluding tert-OH is 1. The van der Waals surface area contributed by atoms with E-state index in [0.717, 1.165) is 11.1 Å². The highest BCUT2D eigenvalue weighted by atomic mass is 16.8. The third-order valence-corrected chi connectivity index (χ3v) is 6.27. The Morgan fingerprint density at radius 2 is 1.43 bits per heavy atom. The van der Waals surface area contributed by atoms with Gasteiger partial charge in [-0.15, -0.1) is 0 Å². The first-order chi connectivity index (χ1) is 17.2. The van der Waals surface area contributed by atoms with Crippen LogP contribution in [-0.2, 0) is 30.1 Å². The van der Waals surface area contributed by atoms with Crippen molar-refractivity contribution in [2.75, 3.05) is 13.7 Å². The summed E-state index contributed by atoms with van der Waals surface area (Å²) in [5, 5.41) is 10.2. The van der Waals surface area contributed by atoms with E-state index in [1.807, 2.05) is 60.7 Å². The Hall–Kier alpha value is -3.14. The molecule has 0 aliphatic carbocycles. The van der Waals surface area contributed by atoms with Crippen LogP contribution in [0.1, 0.15) is 39.6 Å². The summed E-state index contributed by atoms with van der Waals surface area (Å²) in [6.45, 7) is -0.248. The van der Waals surface area contributed by atoms with Crippen molar-refractivity contribution in [2.24, 2.45) is 0 Å². The summed E-state index contributed by atoms with van der Waals surface area (Å²) < 4.78 is 30.2. The summed E-state index contributed by atoms with van der Waals surface area (Å²) in [7, 11) is 1.34. The second kappa shape index (κ2) is 10.6. The fraction of sp³-hybridized carbons (Fsp3) is 0.333. The van der Waals surface area contributed by atoms with E-state index < -0.39 is 43.0 Å². The molecular formula is C27H27NO7. The van der Waals surface area contributed by atoms with E-state index in [9.17, 15) is 9.90 Å². The Morgan fingerprint density at radius 3 is 2.00 bits per heavy atom. The standard InChI is InChI=1S/C27H27NO7/c1-31-25(30)20-12-13-28-15-19(20)14-21-23-24(35-26(32-21)17-8-4-2-5-9-17)22(16-29)33-27(34-23)18-10-6-3-7-11-18/h2-13,15,21-24,26-27,29H,14,16H2,1H3. The van der Waals surface area contributed by atoms with Crippen LogP contribution in [0.5, 0.6) is 0 Å². The van der Waals surface area contributed by atoms with E-state index >= 15 is 0 Å². The minimum absolute atomic E-state index is 0.248. The van der Waals surface area contributed by atoms with Crippen molar-refractivity contribution in [3.05, 3.63) is 101 Å². The quantitative estimate of drug-likeness (QED) is 0.540. The molecule has 2 aliphatic rings. The average molecular weight is 478 g/mol. The second-order valence-electron chi connectivity index (χ2n) is 8.45. The molecule has 2 aliphatic heterocycles. The largest absolute Gasteiger partial charge is 0.465 e. The lowest BCUT2D eigenvalue weighted by Crippen LogP contribution is -2.59. The summed E-state index contributed by atoms with van der Waals surface area (Å²) in [6, 6.07) is 20.7. The van der Waals surface area contributed by atoms with Crippen molar-refractivity contribution >= 4 is 5.97 Å². The second-order valence-corrected chi connectivity index (χ2v) is 8.45. The smallest absolute Gasteiger partial charge is 0.338 e. The molecule has 8 heteroatoms. The van der Waals surface area contributed by atoms with Crippen LogP contribution in [0.15, 0.2) is 79.1 Å². The van der Waals surface area contributed by atoms with Crippen molar-refractivity contribution in [1.29, 1.82) is 0 Å². The van der Waals surface area contributed by atoms with Gasteiger partial charge in [0.05, 0.1) is 25.4 Å². The topological polar surface area (TPSA) is 96.3 Å². The Balaban J connectivity index is 1.50. The number of fused-ring (bicyclic) bond motifs is 1. The first-order valence-electron chi connectivity index (χ1n) is 11.5. The molecule has 0 saturated carbocycles. The lowest BCUT2D eigenvalue weighted by atomic mass is 9.93. The Morgan fingerprint density at radius 1 is 0.857 bits per heavy atom. The molecule has 182 valence electrons. The number of esters is 1. The van der Waals surface area contributed by atoms with E-state index in [4.69, 9.17) is 23.7 Å². The van der Waals surface area contributed by atoms with E-state index in [1.165, 1.54) is 7.11 Å². The zero-order valence-electron chi connectivity index (χ0n) is 19.2. The third kappa shape index (κ3) is 4.98. The van der Waals surface area contributed by atoms with Gasteiger partial charge in [-0.3, -0.25) is 4.98 Å². The third-order valence-electron chi connectivity index (χ3n) is 6.27. The maximum atomic E-state index is 12.4. The van der Waals surface area contributed by atoms with Crippen molar-refractivity contribution < 1.29 is 33.6 Å². The maximum Gasteiger partial charge on any atom is 0.338 e. The number of ether oxygens (including phenoxy) is 5. The predicted molar refractivity (Wildman–Crippen MR) is 124 cm³/mol. The van der Waals surface area contributed by atoms with Gasteiger partial charge in [0, 0.05) is 29.9 Å². The summed E-state index contributed by atoms with van der Waals surface area (Å²) in [5.74, 6) is -0.450. The van der Waals surface area contributed by atoms with Crippen LogP contribution < -0.4 is 0 Å².